The van der Waals surface area contributed by atoms with E-state index in [0.717, 1.165) is 22.3 Å². The number of alkyl carbamates (subject to hydrolysis) is 1. The Labute approximate surface area is 211 Å². The summed E-state index contributed by atoms with van der Waals surface area (Å²) in [5.74, 6) is 0.424. The fourth-order valence-corrected chi connectivity index (χ4v) is 4.20. The molecule has 0 aliphatic rings. The van der Waals surface area contributed by atoms with E-state index in [1.165, 1.54) is 7.11 Å². The van der Waals surface area contributed by atoms with Crippen molar-refractivity contribution in [2.75, 3.05) is 7.11 Å². The molecule has 5 aromatic rings. The molecule has 0 radical (unpaired) electrons. The lowest BCUT2D eigenvalue weighted by atomic mass is 10.00. The van der Waals surface area contributed by atoms with E-state index in [2.05, 4.69) is 15.5 Å². The van der Waals surface area contributed by atoms with Crippen molar-refractivity contribution in [1.82, 2.24) is 25.1 Å². The Morgan fingerprint density at radius 2 is 1.63 bits per heavy atom. The van der Waals surface area contributed by atoms with Crippen LogP contribution in [-0.4, -0.2) is 33.0 Å². The molecule has 35 heavy (non-hydrogen) atoms. The van der Waals surface area contributed by atoms with Crippen molar-refractivity contribution in [1.29, 1.82) is 0 Å². The number of ether oxygens (including phenoxy) is 1. The van der Waals surface area contributed by atoms with Crippen LogP contribution in [0.25, 0.3) is 28.0 Å². The van der Waals surface area contributed by atoms with Crippen molar-refractivity contribution < 1.29 is 9.53 Å². The number of hydrogen-bond acceptors (Lipinski definition) is 5. The van der Waals surface area contributed by atoms with E-state index in [1.807, 2.05) is 84.9 Å². The molecular weight excluding hydrogens is 485 g/mol. The number of fused-ring (bicyclic) bond motifs is 1. The van der Waals surface area contributed by atoms with E-state index in [-0.39, 0.29) is 0 Å². The number of hydrogen-bond donors (Lipinski definition) is 1. The first-order valence-electron chi connectivity index (χ1n) is 10.7. The summed E-state index contributed by atoms with van der Waals surface area (Å²) in [6.07, 6.45) is -0.597. The Balaban J connectivity index is 1.75. The first kappa shape index (κ1) is 22.8. The van der Waals surface area contributed by atoms with Gasteiger partial charge in [-0.25, -0.2) is 4.79 Å². The molecule has 0 saturated carbocycles. The smallest absolute Gasteiger partial charge is 0.407 e. The molecule has 1 atom stereocenters. The largest absolute Gasteiger partial charge is 0.453 e. The first-order chi connectivity index (χ1) is 17.0. The second kappa shape index (κ2) is 9.74. The van der Waals surface area contributed by atoms with Crippen LogP contribution in [0, 0.1) is 0 Å². The predicted octanol–water partition coefficient (Wildman–Crippen LogP) is 6.21. The van der Waals surface area contributed by atoms with Crippen molar-refractivity contribution in [3.63, 3.8) is 0 Å². The summed E-state index contributed by atoms with van der Waals surface area (Å²) in [5.41, 5.74) is 4.41. The third-order valence-corrected chi connectivity index (χ3v) is 6.12. The normalized spacial score (nSPS) is 11.9. The van der Waals surface area contributed by atoms with Gasteiger partial charge >= 0.3 is 6.09 Å². The van der Waals surface area contributed by atoms with E-state index >= 15 is 0 Å². The third-order valence-electron chi connectivity index (χ3n) is 5.54. The van der Waals surface area contributed by atoms with Crippen LogP contribution < -0.4 is 5.32 Å². The average Bonchev–Trinajstić information content (AvgIpc) is 3.30. The molecule has 0 fully saturated rings. The summed E-state index contributed by atoms with van der Waals surface area (Å²) in [5, 5.41) is 17.7. The summed E-state index contributed by atoms with van der Waals surface area (Å²) in [4.78, 5) is 12.2. The van der Waals surface area contributed by atoms with E-state index < -0.39 is 12.1 Å². The summed E-state index contributed by atoms with van der Waals surface area (Å²) >= 11 is 12.7. The van der Waals surface area contributed by atoms with Crippen molar-refractivity contribution in [3.05, 3.63) is 106 Å². The molecular formula is C26H19Cl2N5O2. The lowest BCUT2D eigenvalue weighted by Gasteiger charge is -2.17. The van der Waals surface area contributed by atoms with E-state index in [9.17, 15) is 4.79 Å². The van der Waals surface area contributed by atoms with Crippen LogP contribution in [0.5, 0.6) is 0 Å². The molecule has 5 rings (SSSR count). The summed E-state index contributed by atoms with van der Waals surface area (Å²) in [6, 6.07) is 25.6. The minimum absolute atomic E-state index is 0.424. The maximum Gasteiger partial charge on any atom is 0.407 e. The zero-order valence-electron chi connectivity index (χ0n) is 18.5. The van der Waals surface area contributed by atoms with Gasteiger partial charge in [-0.2, -0.15) is 9.61 Å². The maximum absolute atomic E-state index is 12.2. The quantitative estimate of drug-likeness (QED) is 0.308. The highest BCUT2D eigenvalue weighted by atomic mass is 35.5. The SMILES string of the molecule is COC(=O)N[C@@H](c1ccccc1)c1nnc2cc(-c3ccc(Cl)cc3)c(-c3ccccc3Cl)nn12. The molecule has 7 nitrogen and oxygen atoms in total. The number of halogens is 2. The fraction of sp³-hybridized carbons (Fsp3) is 0.0769. The second-order valence-electron chi connectivity index (χ2n) is 7.70. The maximum atomic E-state index is 12.2. The lowest BCUT2D eigenvalue weighted by Crippen LogP contribution is -2.30. The number of rotatable bonds is 5. The number of benzene rings is 3. The van der Waals surface area contributed by atoms with Gasteiger partial charge in [0.15, 0.2) is 11.5 Å². The number of nitrogens with one attached hydrogen (secondary N) is 1. The molecule has 3 aromatic carbocycles. The molecule has 1 amide bonds. The van der Waals surface area contributed by atoms with Gasteiger partial charge in [-0.15, -0.1) is 10.2 Å². The van der Waals surface area contributed by atoms with Crippen LogP contribution in [0.2, 0.25) is 10.0 Å². The summed E-state index contributed by atoms with van der Waals surface area (Å²) in [7, 11) is 1.31. The molecule has 0 aliphatic carbocycles. The molecule has 0 aliphatic heterocycles. The van der Waals surface area contributed by atoms with Crippen molar-refractivity contribution in [3.8, 4) is 22.4 Å². The molecule has 174 valence electrons. The number of nitrogens with zero attached hydrogens (tertiary/aromatic N) is 4. The Kier molecular flexibility index (Phi) is 6.35. The van der Waals surface area contributed by atoms with E-state index in [4.69, 9.17) is 33.0 Å². The van der Waals surface area contributed by atoms with Crippen molar-refractivity contribution >= 4 is 34.9 Å². The lowest BCUT2D eigenvalue weighted by molar-refractivity contribution is 0.168. The van der Waals surface area contributed by atoms with Gasteiger partial charge in [0.25, 0.3) is 0 Å². The van der Waals surface area contributed by atoms with Crippen LogP contribution in [0.15, 0.2) is 84.9 Å². The predicted molar refractivity (Wildman–Crippen MR) is 135 cm³/mol. The molecule has 1 N–H and O–H groups in total. The third kappa shape index (κ3) is 4.56. The van der Waals surface area contributed by atoms with Crippen LogP contribution in [0.1, 0.15) is 17.4 Å². The molecule has 0 spiro atoms. The molecule has 9 heteroatoms. The highest BCUT2D eigenvalue weighted by Gasteiger charge is 2.25. The van der Waals surface area contributed by atoms with Crippen LogP contribution in [0.3, 0.4) is 0 Å². The molecule has 0 unspecified atom stereocenters. The highest BCUT2D eigenvalue weighted by Crippen LogP contribution is 2.36. The second-order valence-corrected chi connectivity index (χ2v) is 8.54. The van der Waals surface area contributed by atoms with Gasteiger partial charge in [0.05, 0.1) is 12.1 Å². The minimum Gasteiger partial charge on any atom is -0.453 e. The van der Waals surface area contributed by atoms with Crippen molar-refractivity contribution in [2.45, 2.75) is 6.04 Å². The van der Waals surface area contributed by atoms with Gasteiger partial charge in [0.2, 0.25) is 0 Å². The Morgan fingerprint density at radius 3 is 2.34 bits per heavy atom. The number of amides is 1. The van der Waals surface area contributed by atoms with Gasteiger partial charge in [-0.1, -0.05) is 83.9 Å². The zero-order chi connectivity index (χ0) is 24.4. The molecule has 2 heterocycles. The standard InChI is InChI=1S/C26H19Cl2N5O2/c1-35-26(34)29-23(17-7-3-2-4-8-17)25-31-30-22-15-20(16-11-13-18(27)14-12-16)24(32-33(22)25)19-9-5-6-10-21(19)28/h2-15,23H,1H3,(H,29,34)/t23-/m0/s1. The summed E-state index contributed by atoms with van der Waals surface area (Å²) in [6.45, 7) is 0. The van der Waals surface area contributed by atoms with E-state index in [0.29, 0.717) is 27.2 Å². The van der Waals surface area contributed by atoms with Crippen LogP contribution in [-0.2, 0) is 4.74 Å². The topological polar surface area (TPSA) is 81.4 Å². The van der Waals surface area contributed by atoms with Gasteiger partial charge in [-0.05, 0) is 35.4 Å². The Bertz CT molecular complexity index is 1500. The zero-order valence-corrected chi connectivity index (χ0v) is 20.0. The number of aromatic nitrogens is 4. The monoisotopic (exact) mass is 503 g/mol. The Morgan fingerprint density at radius 1 is 0.914 bits per heavy atom. The molecule has 0 saturated heterocycles. The van der Waals surface area contributed by atoms with Gasteiger partial charge in [0.1, 0.15) is 11.7 Å². The first-order valence-corrected chi connectivity index (χ1v) is 11.5. The molecule has 2 aromatic heterocycles. The number of carbonyl (C=O) groups excluding carboxylic acids is 1. The fourth-order valence-electron chi connectivity index (χ4n) is 3.85. The van der Waals surface area contributed by atoms with Gasteiger partial charge in [-0.3, -0.25) is 0 Å². The van der Waals surface area contributed by atoms with Crippen LogP contribution in [0.4, 0.5) is 4.79 Å². The minimum atomic E-state index is -0.647. The Hall–Kier alpha value is -3.94. The average molecular weight is 504 g/mol. The summed E-state index contributed by atoms with van der Waals surface area (Å²) < 4.78 is 6.47. The molecule has 0 bridgehead atoms. The van der Waals surface area contributed by atoms with Gasteiger partial charge < -0.3 is 10.1 Å². The van der Waals surface area contributed by atoms with E-state index in [1.54, 1.807) is 4.52 Å². The number of methoxy groups -OCH3 is 1. The van der Waals surface area contributed by atoms with Crippen LogP contribution >= 0.6 is 23.2 Å². The number of carbonyl (C=O) groups is 1. The highest BCUT2D eigenvalue weighted by molar-refractivity contribution is 6.33. The van der Waals surface area contributed by atoms with Gasteiger partial charge in [0, 0.05) is 16.1 Å². The van der Waals surface area contributed by atoms with Crippen molar-refractivity contribution in [2.24, 2.45) is 0 Å².